The fourth-order valence-electron chi connectivity index (χ4n) is 2.18. The zero-order chi connectivity index (χ0) is 15.1. The minimum atomic E-state index is 0.0649. The molecule has 2 N–H and O–H groups in total. The van der Waals surface area contributed by atoms with Crippen LogP contribution >= 0.6 is 0 Å². The van der Waals surface area contributed by atoms with Gasteiger partial charge in [0.05, 0.1) is 0 Å². The number of carbonyl (C=O) groups is 1. The van der Waals surface area contributed by atoms with E-state index >= 15 is 0 Å². The molecule has 4 nitrogen and oxygen atoms in total. The van der Waals surface area contributed by atoms with Gasteiger partial charge in [-0.15, -0.1) is 0 Å². The molecule has 0 aliphatic heterocycles. The third-order valence-electron chi connectivity index (χ3n) is 3.53. The Morgan fingerprint density at radius 1 is 1.10 bits per heavy atom. The van der Waals surface area contributed by atoms with Gasteiger partial charge >= 0.3 is 0 Å². The molecule has 0 saturated carbocycles. The first-order valence-corrected chi connectivity index (χ1v) is 7.21. The second kappa shape index (κ2) is 7.55. The lowest BCUT2D eigenvalue weighted by molar-refractivity contribution is 0.0766. The summed E-state index contributed by atoms with van der Waals surface area (Å²) in [5, 5.41) is 0. The van der Waals surface area contributed by atoms with Crippen LogP contribution in [0.1, 0.15) is 28.4 Å². The minimum Gasteiger partial charge on any atom is -0.339 e. The quantitative estimate of drug-likeness (QED) is 0.884. The van der Waals surface area contributed by atoms with Gasteiger partial charge in [0.2, 0.25) is 0 Å². The molecule has 0 fully saturated rings. The Balaban J connectivity index is 2.00. The lowest BCUT2D eigenvalue weighted by Crippen LogP contribution is -2.32. The number of pyridine rings is 1. The van der Waals surface area contributed by atoms with E-state index in [2.05, 4.69) is 4.98 Å². The molecule has 1 heterocycles. The van der Waals surface area contributed by atoms with E-state index < -0.39 is 0 Å². The maximum absolute atomic E-state index is 12.5. The molecule has 2 rings (SSSR count). The predicted octanol–water partition coefficient (Wildman–Crippen LogP) is 2.25. The molecule has 1 amide bonds. The van der Waals surface area contributed by atoms with Crippen LogP contribution in [0.25, 0.3) is 0 Å². The summed E-state index contributed by atoms with van der Waals surface area (Å²) >= 11 is 0. The molecule has 0 atom stereocenters. The molecule has 21 heavy (non-hydrogen) atoms. The average Bonchev–Trinajstić information content (AvgIpc) is 2.56. The summed E-state index contributed by atoms with van der Waals surface area (Å²) in [6.07, 6.45) is 4.39. The topological polar surface area (TPSA) is 59.2 Å². The molecule has 0 aliphatic rings. The maximum Gasteiger partial charge on any atom is 0.253 e. The second-order valence-electron chi connectivity index (χ2n) is 4.89. The standard InChI is InChI=1S/C17H21N3O/c1-2-20(12-9-14-7-10-19-11-8-14)17(21)16-5-3-15(13-18)4-6-16/h3-8,10-11H,2,9,12-13,18H2,1H3. The summed E-state index contributed by atoms with van der Waals surface area (Å²) in [5.74, 6) is 0.0649. The highest BCUT2D eigenvalue weighted by molar-refractivity contribution is 5.94. The highest BCUT2D eigenvalue weighted by Crippen LogP contribution is 2.09. The summed E-state index contributed by atoms with van der Waals surface area (Å²) in [4.78, 5) is 18.3. The number of aromatic nitrogens is 1. The van der Waals surface area contributed by atoms with Crippen molar-refractivity contribution in [2.24, 2.45) is 5.73 Å². The Labute approximate surface area is 125 Å². The molecule has 1 aromatic carbocycles. The first-order valence-electron chi connectivity index (χ1n) is 7.21. The number of nitrogens with zero attached hydrogens (tertiary/aromatic N) is 2. The van der Waals surface area contributed by atoms with Gasteiger partial charge in [-0.3, -0.25) is 9.78 Å². The van der Waals surface area contributed by atoms with Crippen molar-refractivity contribution in [3.63, 3.8) is 0 Å². The molecular weight excluding hydrogens is 262 g/mol. The SMILES string of the molecule is CCN(CCc1ccncc1)C(=O)c1ccc(CN)cc1. The highest BCUT2D eigenvalue weighted by atomic mass is 16.2. The van der Waals surface area contributed by atoms with Crippen LogP contribution in [0.2, 0.25) is 0 Å². The average molecular weight is 283 g/mol. The number of amides is 1. The number of carbonyl (C=O) groups excluding carboxylic acids is 1. The number of nitrogens with two attached hydrogens (primary N) is 1. The molecular formula is C17H21N3O. The Morgan fingerprint density at radius 3 is 2.33 bits per heavy atom. The number of hydrogen-bond acceptors (Lipinski definition) is 3. The molecule has 4 heteroatoms. The predicted molar refractivity (Wildman–Crippen MR) is 83.9 cm³/mol. The molecule has 0 unspecified atom stereocenters. The van der Waals surface area contributed by atoms with Gasteiger partial charge in [-0.25, -0.2) is 0 Å². The molecule has 2 aromatic rings. The van der Waals surface area contributed by atoms with Gasteiger partial charge in [0.25, 0.3) is 5.91 Å². The van der Waals surface area contributed by atoms with Gasteiger partial charge in [0.15, 0.2) is 0 Å². The van der Waals surface area contributed by atoms with Gasteiger partial charge in [-0.2, -0.15) is 0 Å². The van der Waals surface area contributed by atoms with Gasteiger partial charge in [-0.1, -0.05) is 12.1 Å². The van der Waals surface area contributed by atoms with Crippen molar-refractivity contribution in [3.8, 4) is 0 Å². The lowest BCUT2D eigenvalue weighted by atomic mass is 10.1. The zero-order valence-corrected chi connectivity index (χ0v) is 12.3. The van der Waals surface area contributed by atoms with Crippen LogP contribution in [0.15, 0.2) is 48.8 Å². The van der Waals surface area contributed by atoms with Crippen LogP contribution in [0.4, 0.5) is 0 Å². The molecule has 110 valence electrons. The van der Waals surface area contributed by atoms with Crippen molar-refractivity contribution < 1.29 is 4.79 Å². The third-order valence-corrected chi connectivity index (χ3v) is 3.53. The first-order chi connectivity index (χ1) is 10.2. The summed E-state index contributed by atoms with van der Waals surface area (Å²) in [7, 11) is 0. The summed E-state index contributed by atoms with van der Waals surface area (Å²) in [6, 6.07) is 11.5. The van der Waals surface area contributed by atoms with Crippen molar-refractivity contribution in [1.82, 2.24) is 9.88 Å². The normalized spacial score (nSPS) is 10.4. The Hall–Kier alpha value is -2.20. The highest BCUT2D eigenvalue weighted by Gasteiger charge is 2.13. The maximum atomic E-state index is 12.5. The van der Waals surface area contributed by atoms with E-state index in [1.807, 2.05) is 48.2 Å². The number of likely N-dealkylation sites (N-methyl/N-ethyl adjacent to an activating group) is 1. The Bertz CT molecular complexity index is 566. The molecule has 0 spiro atoms. The summed E-state index contributed by atoms with van der Waals surface area (Å²) in [6.45, 7) is 3.90. The van der Waals surface area contributed by atoms with Gasteiger partial charge in [0, 0.05) is 37.6 Å². The zero-order valence-electron chi connectivity index (χ0n) is 12.3. The van der Waals surface area contributed by atoms with Crippen LogP contribution in [0.5, 0.6) is 0 Å². The Kier molecular flexibility index (Phi) is 5.46. The van der Waals surface area contributed by atoms with Crippen molar-refractivity contribution in [2.45, 2.75) is 19.9 Å². The minimum absolute atomic E-state index is 0.0649. The van der Waals surface area contributed by atoms with Crippen molar-refractivity contribution in [1.29, 1.82) is 0 Å². The van der Waals surface area contributed by atoms with Crippen LogP contribution in [0, 0.1) is 0 Å². The van der Waals surface area contributed by atoms with Gasteiger partial charge < -0.3 is 10.6 Å². The number of rotatable bonds is 6. The fourth-order valence-corrected chi connectivity index (χ4v) is 2.18. The molecule has 0 aliphatic carbocycles. The van der Waals surface area contributed by atoms with E-state index in [9.17, 15) is 4.79 Å². The molecule has 0 saturated heterocycles. The van der Waals surface area contributed by atoms with E-state index in [1.165, 1.54) is 5.56 Å². The van der Waals surface area contributed by atoms with Gasteiger partial charge in [-0.05, 0) is 48.7 Å². The smallest absolute Gasteiger partial charge is 0.253 e. The van der Waals surface area contributed by atoms with E-state index in [0.717, 1.165) is 12.0 Å². The van der Waals surface area contributed by atoms with Crippen molar-refractivity contribution >= 4 is 5.91 Å². The van der Waals surface area contributed by atoms with Crippen LogP contribution < -0.4 is 5.73 Å². The molecule has 0 bridgehead atoms. The third kappa shape index (κ3) is 4.13. The second-order valence-corrected chi connectivity index (χ2v) is 4.89. The van der Waals surface area contributed by atoms with E-state index in [1.54, 1.807) is 12.4 Å². The monoisotopic (exact) mass is 283 g/mol. The van der Waals surface area contributed by atoms with E-state index in [4.69, 9.17) is 5.73 Å². The van der Waals surface area contributed by atoms with Gasteiger partial charge in [0.1, 0.15) is 0 Å². The molecule has 1 aromatic heterocycles. The number of hydrogen-bond donors (Lipinski definition) is 1. The largest absolute Gasteiger partial charge is 0.339 e. The first kappa shape index (κ1) is 15.2. The van der Waals surface area contributed by atoms with E-state index in [-0.39, 0.29) is 5.91 Å². The van der Waals surface area contributed by atoms with Crippen LogP contribution in [0.3, 0.4) is 0 Å². The fraction of sp³-hybridized carbons (Fsp3) is 0.294. The van der Waals surface area contributed by atoms with Crippen molar-refractivity contribution in [3.05, 3.63) is 65.5 Å². The van der Waals surface area contributed by atoms with Crippen molar-refractivity contribution in [2.75, 3.05) is 13.1 Å². The number of benzene rings is 1. The van der Waals surface area contributed by atoms with Crippen LogP contribution in [-0.4, -0.2) is 28.9 Å². The lowest BCUT2D eigenvalue weighted by Gasteiger charge is -2.21. The summed E-state index contributed by atoms with van der Waals surface area (Å²) in [5.41, 5.74) is 8.51. The Morgan fingerprint density at radius 2 is 1.76 bits per heavy atom. The van der Waals surface area contributed by atoms with Crippen LogP contribution in [-0.2, 0) is 13.0 Å². The molecule has 0 radical (unpaired) electrons. The summed E-state index contributed by atoms with van der Waals surface area (Å²) < 4.78 is 0. The van der Waals surface area contributed by atoms with E-state index in [0.29, 0.717) is 25.2 Å².